The van der Waals surface area contributed by atoms with Crippen LogP contribution in [0.4, 0.5) is 5.69 Å². The van der Waals surface area contributed by atoms with Gasteiger partial charge in [0.25, 0.3) is 5.91 Å². The molecule has 0 spiro atoms. The fourth-order valence-corrected chi connectivity index (χ4v) is 3.58. The van der Waals surface area contributed by atoms with Gasteiger partial charge >= 0.3 is 0 Å². The van der Waals surface area contributed by atoms with Gasteiger partial charge in [-0.3, -0.25) is 9.69 Å². The van der Waals surface area contributed by atoms with E-state index >= 15 is 0 Å². The quantitative estimate of drug-likeness (QED) is 0.712. The van der Waals surface area contributed by atoms with E-state index in [2.05, 4.69) is 15.3 Å². The van der Waals surface area contributed by atoms with Crippen LogP contribution in [0.1, 0.15) is 28.8 Å². The Morgan fingerprint density at radius 3 is 2.75 bits per heavy atom. The number of aromatic nitrogens is 2. The van der Waals surface area contributed by atoms with Crippen molar-refractivity contribution in [1.82, 2.24) is 14.7 Å². The van der Waals surface area contributed by atoms with Gasteiger partial charge in [-0.2, -0.15) is 5.10 Å². The van der Waals surface area contributed by atoms with Crippen LogP contribution < -0.4 is 10.1 Å². The molecular weight excluding hydrogens is 352 g/mol. The summed E-state index contributed by atoms with van der Waals surface area (Å²) in [5.74, 6) is 0.687. The third-order valence-electron chi connectivity index (χ3n) is 5.01. The first-order valence-corrected chi connectivity index (χ1v) is 9.53. The molecule has 144 valence electrons. The fourth-order valence-electron chi connectivity index (χ4n) is 3.58. The van der Waals surface area contributed by atoms with Gasteiger partial charge in [-0.05, 0) is 68.4 Å². The molecular formula is C22H24N4O2. The van der Waals surface area contributed by atoms with E-state index in [0.29, 0.717) is 5.56 Å². The topological polar surface area (TPSA) is 59.4 Å². The Bertz CT molecular complexity index is 947. The van der Waals surface area contributed by atoms with Gasteiger partial charge in [0.2, 0.25) is 0 Å². The minimum absolute atomic E-state index is 0.136. The van der Waals surface area contributed by atoms with Crippen LogP contribution in [0.25, 0.3) is 5.69 Å². The maximum Gasteiger partial charge on any atom is 0.255 e. The summed E-state index contributed by atoms with van der Waals surface area (Å²) >= 11 is 0. The van der Waals surface area contributed by atoms with Crippen molar-refractivity contribution in [3.8, 4) is 11.4 Å². The minimum atomic E-state index is -0.136. The van der Waals surface area contributed by atoms with Gasteiger partial charge in [0.05, 0.1) is 12.8 Å². The van der Waals surface area contributed by atoms with Crippen molar-refractivity contribution in [3.05, 3.63) is 72.1 Å². The number of ether oxygens (including phenoxy) is 1. The molecule has 1 aromatic heterocycles. The van der Waals surface area contributed by atoms with Crippen LogP contribution >= 0.6 is 0 Å². The number of methoxy groups -OCH3 is 1. The number of hydrogen-bond donors (Lipinski definition) is 1. The van der Waals surface area contributed by atoms with Gasteiger partial charge in [0.1, 0.15) is 5.75 Å². The van der Waals surface area contributed by atoms with Crippen LogP contribution in [0.15, 0.2) is 60.9 Å². The van der Waals surface area contributed by atoms with Crippen LogP contribution in [0.3, 0.4) is 0 Å². The second-order valence-corrected chi connectivity index (χ2v) is 6.96. The van der Waals surface area contributed by atoms with E-state index in [0.717, 1.165) is 42.3 Å². The molecule has 28 heavy (non-hydrogen) atoms. The molecule has 6 heteroatoms. The number of benzene rings is 2. The van der Waals surface area contributed by atoms with Crippen molar-refractivity contribution in [3.63, 3.8) is 0 Å². The second-order valence-electron chi connectivity index (χ2n) is 6.96. The Morgan fingerprint density at radius 2 is 2.00 bits per heavy atom. The first-order valence-electron chi connectivity index (χ1n) is 9.53. The zero-order valence-corrected chi connectivity index (χ0v) is 16.0. The minimum Gasteiger partial charge on any atom is -0.496 e. The van der Waals surface area contributed by atoms with Crippen molar-refractivity contribution in [1.29, 1.82) is 0 Å². The first-order chi connectivity index (χ1) is 13.7. The maximum absolute atomic E-state index is 12.8. The molecule has 0 radical (unpaired) electrons. The number of likely N-dealkylation sites (tertiary alicyclic amines) is 1. The largest absolute Gasteiger partial charge is 0.496 e. The predicted molar refractivity (Wildman–Crippen MR) is 109 cm³/mol. The smallest absolute Gasteiger partial charge is 0.255 e. The monoisotopic (exact) mass is 376 g/mol. The number of nitrogens with one attached hydrogen (secondary N) is 1. The zero-order valence-electron chi connectivity index (χ0n) is 16.0. The summed E-state index contributed by atoms with van der Waals surface area (Å²) in [7, 11) is 1.67. The summed E-state index contributed by atoms with van der Waals surface area (Å²) in [5, 5.41) is 7.21. The van der Waals surface area contributed by atoms with Crippen molar-refractivity contribution in [2.75, 3.05) is 25.5 Å². The molecule has 6 nitrogen and oxygen atoms in total. The Hall–Kier alpha value is -3.12. The third-order valence-corrected chi connectivity index (χ3v) is 5.01. The van der Waals surface area contributed by atoms with Crippen molar-refractivity contribution < 1.29 is 9.53 Å². The lowest BCUT2D eigenvalue weighted by Crippen LogP contribution is -2.19. The Kier molecular flexibility index (Phi) is 5.39. The molecule has 0 saturated carbocycles. The molecule has 0 bridgehead atoms. The van der Waals surface area contributed by atoms with E-state index in [9.17, 15) is 4.79 Å². The van der Waals surface area contributed by atoms with E-state index in [1.165, 1.54) is 12.8 Å². The fraction of sp³-hybridized carbons (Fsp3) is 0.273. The number of amides is 1. The molecule has 0 atom stereocenters. The number of rotatable bonds is 6. The average Bonchev–Trinajstić information content (AvgIpc) is 3.42. The van der Waals surface area contributed by atoms with Crippen molar-refractivity contribution in [2.45, 2.75) is 19.4 Å². The number of carbonyl (C=O) groups excluding carboxylic acids is 1. The average molecular weight is 376 g/mol. The number of anilines is 1. The molecule has 1 amide bonds. The summed E-state index contributed by atoms with van der Waals surface area (Å²) in [6.07, 6.45) is 6.06. The first kappa shape index (κ1) is 18.3. The molecule has 4 rings (SSSR count). The van der Waals surface area contributed by atoms with Crippen molar-refractivity contribution >= 4 is 11.6 Å². The molecule has 0 unspecified atom stereocenters. The van der Waals surface area contributed by atoms with E-state index in [-0.39, 0.29) is 5.91 Å². The lowest BCUT2D eigenvalue weighted by Gasteiger charge is -2.17. The second kappa shape index (κ2) is 8.27. The lowest BCUT2D eigenvalue weighted by atomic mass is 10.1. The highest BCUT2D eigenvalue weighted by Crippen LogP contribution is 2.24. The highest BCUT2D eigenvalue weighted by molar-refractivity contribution is 6.04. The summed E-state index contributed by atoms with van der Waals surface area (Å²) in [5.41, 5.74) is 3.30. The van der Waals surface area contributed by atoms with Gasteiger partial charge in [-0.25, -0.2) is 4.68 Å². The molecule has 1 N–H and O–H groups in total. The van der Waals surface area contributed by atoms with Crippen LogP contribution in [0, 0.1) is 0 Å². The van der Waals surface area contributed by atoms with E-state index in [1.807, 2.05) is 48.7 Å². The maximum atomic E-state index is 12.8. The van der Waals surface area contributed by atoms with Crippen LogP contribution in [0.5, 0.6) is 5.75 Å². The zero-order chi connectivity index (χ0) is 19.3. The molecule has 1 aliphatic rings. The Balaban J connectivity index is 1.52. The highest BCUT2D eigenvalue weighted by atomic mass is 16.5. The molecule has 3 aromatic rings. The van der Waals surface area contributed by atoms with E-state index in [4.69, 9.17) is 4.74 Å². The Morgan fingerprint density at radius 1 is 1.14 bits per heavy atom. The highest BCUT2D eigenvalue weighted by Gasteiger charge is 2.16. The summed E-state index contributed by atoms with van der Waals surface area (Å²) in [4.78, 5) is 15.2. The van der Waals surface area contributed by atoms with Crippen molar-refractivity contribution in [2.24, 2.45) is 0 Å². The lowest BCUT2D eigenvalue weighted by molar-refractivity contribution is 0.102. The summed E-state index contributed by atoms with van der Waals surface area (Å²) in [6.45, 7) is 3.00. The van der Waals surface area contributed by atoms with Gasteiger partial charge < -0.3 is 10.1 Å². The van der Waals surface area contributed by atoms with Gasteiger partial charge in [-0.15, -0.1) is 0 Å². The standard InChI is InChI=1S/C22H24N4O2/c1-28-21-9-8-17(14-18(21)16-25-11-2-3-12-25)22(27)24-19-6-4-7-20(15-19)26-13-5-10-23-26/h4-10,13-15H,2-3,11-12,16H2,1H3,(H,24,27). The molecule has 1 aliphatic heterocycles. The molecule has 1 fully saturated rings. The summed E-state index contributed by atoms with van der Waals surface area (Å²) < 4.78 is 7.26. The Labute approximate surface area is 164 Å². The number of nitrogens with zero attached hydrogens (tertiary/aromatic N) is 3. The summed E-state index contributed by atoms with van der Waals surface area (Å²) in [6, 6.07) is 15.1. The van der Waals surface area contributed by atoms with Crippen LogP contribution in [0.2, 0.25) is 0 Å². The van der Waals surface area contributed by atoms with Gasteiger partial charge in [-0.1, -0.05) is 6.07 Å². The van der Waals surface area contributed by atoms with Crippen LogP contribution in [-0.2, 0) is 6.54 Å². The SMILES string of the molecule is COc1ccc(C(=O)Nc2cccc(-n3cccn3)c2)cc1CN1CCCC1. The van der Waals surface area contributed by atoms with Gasteiger partial charge in [0, 0.05) is 35.8 Å². The molecule has 0 aliphatic carbocycles. The van der Waals surface area contributed by atoms with Gasteiger partial charge in [0.15, 0.2) is 0 Å². The third kappa shape index (κ3) is 4.07. The van der Waals surface area contributed by atoms with Crippen LogP contribution in [-0.4, -0.2) is 40.8 Å². The normalized spacial score (nSPS) is 14.2. The molecule has 1 saturated heterocycles. The number of carbonyl (C=O) groups is 1. The molecule has 2 aromatic carbocycles. The predicted octanol–water partition coefficient (Wildman–Crippen LogP) is 3.73. The van der Waals surface area contributed by atoms with E-state index in [1.54, 1.807) is 24.1 Å². The molecule has 2 heterocycles. The number of hydrogen-bond acceptors (Lipinski definition) is 4. The van der Waals surface area contributed by atoms with E-state index < -0.39 is 0 Å².